The van der Waals surface area contributed by atoms with Crippen LogP contribution in [0, 0.1) is 0 Å². The predicted octanol–water partition coefficient (Wildman–Crippen LogP) is 5.14. The second-order valence-electron chi connectivity index (χ2n) is 7.91. The number of methoxy groups -OCH3 is 1. The van der Waals surface area contributed by atoms with Crippen molar-refractivity contribution in [1.29, 1.82) is 0 Å². The third kappa shape index (κ3) is 7.77. The number of carbonyl (C=O) groups is 1. The van der Waals surface area contributed by atoms with Crippen molar-refractivity contribution in [2.75, 3.05) is 30.8 Å². The van der Waals surface area contributed by atoms with Gasteiger partial charge < -0.3 is 14.8 Å². The predicted molar refractivity (Wildman–Crippen MR) is 135 cm³/mol. The zero-order valence-corrected chi connectivity index (χ0v) is 21.5. The fourth-order valence-electron chi connectivity index (χ4n) is 3.32. The lowest BCUT2D eigenvalue weighted by Crippen LogP contribution is -2.30. The summed E-state index contributed by atoms with van der Waals surface area (Å²) < 4.78 is 75.8. The molecule has 1 amide bonds. The van der Waals surface area contributed by atoms with Gasteiger partial charge in [-0.25, -0.2) is 8.42 Å². The summed E-state index contributed by atoms with van der Waals surface area (Å²) in [7, 11) is -2.44. The van der Waals surface area contributed by atoms with Gasteiger partial charge in [-0.3, -0.25) is 9.10 Å². The van der Waals surface area contributed by atoms with Crippen LogP contribution in [-0.2, 0) is 22.7 Å². The largest absolute Gasteiger partial charge is 0.497 e. The number of carbonyl (C=O) groups excluding carboxylic acids is 1. The quantitative estimate of drug-likeness (QED) is 0.349. The molecule has 3 aromatic rings. The van der Waals surface area contributed by atoms with E-state index in [1.165, 1.54) is 24.3 Å². The standard InChI is InChI=1S/C25H24ClF3N2O5S/c1-35-20-4-3-5-21(15-20)36-13-12-30-24(32)18-8-6-17(7-9-18)16-31(37(2,33)34)23-14-19(25(27,28)29)10-11-22(23)26/h3-11,14-15H,12-13,16H2,1-2H3,(H,30,32). The first-order valence-electron chi connectivity index (χ1n) is 10.9. The van der Waals surface area contributed by atoms with Crippen LogP contribution in [0.4, 0.5) is 18.9 Å². The molecule has 37 heavy (non-hydrogen) atoms. The SMILES string of the molecule is COc1cccc(OCCNC(=O)c2ccc(CN(c3cc(C(F)(F)F)ccc3Cl)S(C)(=O)=O)cc2)c1. The number of nitrogens with zero attached hydrogens (tertiary/aromatic N) is 1. The van der Waals surface area contributed by atoms with Gasteiger partial charge in [0.25, 0.3) is 5.91 Å². The van der Waals surface area contributed by atoms with E-state index in [1.807, 2.05) is 0 Å². The molecular weight excluding hydrogens is 533 g/mol. The highest BCUT2D eigenvalue weighted by Gasteiger charge is 2.32. The average Bonchev–Trinajstić information content (AvgIpc) is 2.84. The summed E-state index contributed by atoms with van der Waals surface area (Å²) in [5, 5.41) is 2.56. The Balaban J connectivity index is 1.65. The number of sulfonamides is 1. The van der Waals surface area contributed by atoms with Crippen molar-refractivity contribution < 1.29 is 35.9 Å². The Morgan fingerprint density at radius 1 is 1.03 bits per heavy atom. The maximum absolute atomic E-state index is 13.2. The number of ether oxygens (including phenoxy) is 2. The minimum atomic E-state index is -4.67. The average molecular weight is 557 g/mol. The van der Waals surface area contributed by atoms with Crippen LogP contribution in [0.3, 0.4) is 0 Å². The van der Waals surface area contributed by atoms with E-state index < -0.39 is 21.8 Å². The molecule has 0 spiro atoms. The van der Waals surface area contributed by atoms with E-state index in [9.17, 15) is 26.4 Å². The molecule has 0 bridgehead atoms. The van der Waals surface area contributed by atoms with Crippen molar-refractivity contribution in [1.82, 2.24) is 5.32 Å². The topological polar surface area (TPSA) is 84.9 Å². The fourth-order valence-corrected chi connectivity index (χ4v) is 4.48. The molecule has 0 atom stereocenters. The van der Waals surface area contributed by atoms with Crippen molar-refractivity contribution in [3.05, 3.63) is 88.4 Å². The number of hydrogen-bond donors (Lipinski definition) is 1. The number of hydrogen-bond acceptors (Lipinski definition) is 5. The lowest BCUT2D eigenvalue weighted by atomic mass is 10.1. The first-order valence-corrected chi connectivity index (χ1v) is 13.1. The van der Waals surface area contributed by atoms with E-state index in [-0.39, 0.29) is 36.3 Å². The summed E-state index contributed by atoms with van der Waals surface area (Å²) in [5.74, 6) is 0.863. The van der Waals surface area contributed by atoms with Crippen molar-refractivity contribution in [2.24, 2.45) is 0 Å². The third-order valence-corrected chi connectivity index (χ3v) is 6.63. The molecule has 0 aliphatic rings. The summed E-state index contributed by atoms with van der Waals surface area (Å²) >= 11 is 6.05. The van der Waals surface area contributed by atoms with Gasteiger partial charge >= 0.3 is 6.18 Å². The van der Waals surface area contributed by atoms with Gasteiger partial charge in [0.1, 0.15) is 18.1 Å². The van der Waals surface area contributed by atoms with Gasteiger partial charge in [0.15, 0.2) is 0 Å². The molecule has 12 heteroatoms. The molecule has 0 unspecified atom stereocenters. The highest BCUT2D eigenvalue weighted by atomic mass is 35.5. The van der Waals surface area contributed by atoms with Crippen LogP contribution in [-0.4, -0.2) is 40.8 Å². The smallest absolute Gasteiger partial charge is 0.416 e. The van der Waals surface area contributed by atoms with E-state index in [4.69, 9.17) is 21.1 Å². The molecule has 7 nitrogen and oxygen atoms in total. The zero-order chi connectivity index (χ0) is 27.2. The Hall–Kier alpha value is -3.44. The summed E-state index contributed by atoms with van der Waals surface area (Å²) in [6, 6.07) is 15.5. The Kier molecular flexibility index (Phi) is 8.93. The fraction of sp³-hybridized carbons (Fsp3) is 0.240. The van der Waals surface area contributed by atoms with Crippen LogP contribution in [0.2, 0.25) is 5.02 Å². The second-order valence-corrected chi connectivity index (χ2v) is 10.2. The number of amides is 1. The Morgan fingerprint density at radius 3 is 2.32 bits per heavy atom. The van der Waals surface area contributed by atoms with Crippen molar-refractivity contribution >= 4 is 33.2 Å². The molecule has 1 N–H and O–H groups in total. The molecule has 0 heterocycles. The maximum atomic E-state index is 13.2. The van der Waals surface area contributed by atoms with E-state index in [2.05, 4.69) is 5.32 Å². The van der Waals surface area contributed by atoms with Gasteiger partial charge in [-0.2, -0.15) is 13.2 Å². The number of alkyl halides is 3. The molecule has 0 aromatic heterocycles. The molecule has 0 radical (unpaired) electrons. The summed E-state index contributed by atoms with van der Waals surface area (Å²) in [6.07, 6.45) is -3.80. The van der Waals surface area contributed by atoms with Gasteiger partial charge in [-0.05, 0) is 48.0 Å². The lowest BCUT2D eigenvalue weighted by Gasteiger charge is -2.24. The summed E-state index contributed by atoms with van der Waals surface area (Å²) in [6.45, 7) is 0.169. The first-order chi connectivity index (χ1) is 17.4. The van der Waals surface area contributed by atoms with Gasteiger partial charge in [-0.1, -0.05) is 29.8 Å². The van der Waals surface area contributed by atoms with Crippen LogP contribution in [0.5, 0.6) is 11.5 Å². The van der Waals surface area contributed by atoms with Gasteiger partial charge in [0.05, 0.1) is 42.7 Å². The monoisotopic (exact) mass is 556 g/mol. The molecule has 0 saturated heterocycles. The molecule has 198 valence electrons. The number of benzene rings is 3. The van der Waals surface area contributed by atoms with Crippen LogP contribution in [0.1, 0.15) is 21.5 Å². The molecule has 0 fully saturated rings. The highest BCUT2D eigenvalue weighted by molar-refractivity contribution is 7.92. The van der Waals surface area contributed by atoms with Gasteiger partial charge in [0.2, 0.25) is 10.0 Å². The Labute approximate surface area is 217 Å². The molecule has 0 saturated carbocycles. The summed E-state index contributed by atoms with van der Waals surface area (Å²) in [4.78, 5) is 12.4. The van der Waals surface area contributed by atoms with E-state index in [1.54, 1.807) is 31.4 Å². The van der Waals surface area contributed by atoms with Crippen LogP contribution < -0.4 is 19.1 Å². The molecule has 3 rings (SSSR count). The number of rotatable bonds is 10. The van der Waals surface area contributed by atoms with Crippen molar-refractivity contribution in [2.45, 2.75) is 12.7 Å². The zero-order valence-electron chi connectivity index (χ0n) is 19.9. The van der Waals surface area contributed by atoms with E-state index >= 15 is 0 Å². The second kappa shape index (κ2) is 11.7. The summed E-state index contributed by atoms with van der Waals surface area (Å²) in [5.41, 5.74) is -0.565. The third-order valence-electron chi connectivity index (χ3n) is 5.18. The number of halogens is 4. The van der Waals surface area contributed by atoms with E-state index in [0.29, 0.717) is 28.7 Å². The van der Waals surface area contributed by atoms with Gasteiger partial charge in [-0.15, -0.1) is 0 Å². The van der Waals surface area contributed by atoms with Crippen LogP contribution in [0.25, 0.3) is 0 Å². The Bertz CT molecular complexity index is 1350. The molecule has 0 aliphatic carbocycles. The Morgan fingerprint density at radius 2 is 1.70 bits per heavy atom. The molecular formula is C25H24ClF3N2O5S. The van der Waals surface area contributed by atoms with Crippen molar-refractivity contribution in [3.63, 3.8) is 0 Å². The molecule has 0 aliphatic heterocycles. The minimum Gasteiger partial charge on any atom is -0.497 e. The molecule has 3 aromatic carbocycles. The maximum Gasteiger partial charge on any atom is 0.416 e. The van der Waals surface area contributed by atoms with Crippen LogP contribution in [0.15, 0.2) is 66.7 Å². The minimum absolute atomic E-state index is 0.148. The number of nitrogens with one attached hydrogen (secondary N) is 1. The van der Waals surface area contributed by atoms with Crippen molar-refractivity contribution in [3.8, 4) is 11.5 Å². The highest BCUT2D eigenvalue weighted by Crippen LogP contribution is 2.36. The number of anilines is 1. The lowest BCUT2D eigenvalue weighted by molar-refractivity contribution is -0.137. The van der Waals surface area contributed by atoms with E-state index in [0.717, 1.165) is 22.7 Å². The van der Waals surface area contributed by atoms with Gasteiger partial charge in [0, 0.05) is 11.6 Å². The normalized spacial score (nSPS) is 11.6. The first kappa shape index (κ1) is 28.1. The van der Waals surface area contributed by atoms with Crippen LogP contribution >= 0.6 is 11.6 Å².